The molecule has 0 saturated heterocycles. The average Bonchev–Trinajstić information content (AvgIpc) is 2.59. The number of hydrogen-bond donors (Lipinski definition) is 2. The van der Waals surface area contributed by atoms with Gasteiger partial charge in [-0.25, -0.2) is 0 Å². The first-order valence-electron chi connectivity index (χ1n) is 5.32. The molecular weight excluding hydrogens is 238 g/mol. The van der Waals surface area contributed by atoms with Crippen molar-refractivity contribution in [2.75, 3.05) is 32.9 Å². The van der Waals surface area contributed by atoms with E-state index in [0.29, 0.717) is 16.7 Å². The Morgan fingerprint density at radius 2 is 2.12 bits per heavy atom. The number of carbonyl (C=O) groups is 1. The van der Waals surface area contributed by atoms with Crippen molar-refractivity contribution in [2.45, 2.75) is 13.8 Å². The number of nitrogens with one attached hydrogen (secondary N) is 1. The van der Waals surface area contributed by atoms with E-state index in [9.17, 15) is 4.79 Å². The van der Waals surface area contributed by atoms with Crippen molar-refractivity contribution < 1.29 is 4.79 Å². The van der Waals surface area contributed by atoms with E-state index in [1.807, 2.05) is 14.1 Å². The van der Waals surface area contributed by atoms with Gasteiger partial charge in [0.1, 0.15) is 0 Å². The molecule has 0 spiro atoms. The Bertz CT molecular complexity index is 388. The first-order chi connectivity index (χ1) is 7.80. The molecule has 1 aromatic rings. The van der Waals surface area contributed by atoms with E-state index in [0.717, 1.165) is 17.9 Å². The van der Waals surface area contributed by atoms with E-state index >= 15 is 0 Å². The zero-order chi connectivity index (χ0) is 13.1. The first-order valence-corrected chi connectivity index (χ1v) is 6.14. The molecule has 0 aromatic carbocycles. The lowest BCUT2D eigenvalue weighted by atomic mass is 9.93. The maximum Gasteiger partial charge on any atom is 0.282 e. The van der Waals surface area contributed by atoms with Gasteiger partial charge in [-0.1, -0.05) is 25.2 Å². The van der Waals surface area contributed by atoms with Crippen molar-refractivity contribution in [1.82, 2.24) is 20.4 Å². The second-order valence-electron chi connectivity index (χ2n) is 5.03. The van der Waals surface area contributed by atoms with E-state index in [2.05, 4.69) is 34.3 Å². The van der Waals surface area contributed by atoms with Crippen LogP contribution in [0, 0.1) is 5.41 Å². The number of amides is 1. The molecule has 0 aliphatic carbocycles. The normalized spacial score (nSPS) is 11.8. The van der Waals surface area contributed by atoms with Gasteiger partial charge in [0.15, 0.2) is 0 Å². The van der Waals surface area contributed by atoms with E-state index in [1.165, 1.54) is 0 Å². The van der Waals surface area contributed by atoms with Crippen molar-refractivity contribution in [3.8, 4) is 0 Å². The fourth-order valence-corrected chi connectivity index (χ4v) is 2.16. The molecule has 6 nitrogen and oxygen atoms in total. The van der Waals surface area contributed by atoms with Crippen LogP contribution in [0.4, 0.5) is 5.13 Å². The predicted molar refractivity (Wildman–Crippen MR) is 69.0 cm³/mol. The minimum Gasteiger partial charge on any atom is -0.374 e. The van der Waals surface area contributed by atoms with Gasteiger partial charge in [-0.15, -0.1) is 10.2 Å². The number of rotatable bonds is 5. The van der Waals surface area contributed by atoms with Gasteiger partial charge in [0, 0.05) is 13.1 Å². The maximum absolute atomic E-state index is 11.7. The van der Waals surface area contributed by atoms with E-state index in [-0.39, 0.29) is 11.3 Å². The molecule has 0 radical (unpaired) electrons. The van der Waals surface area contributed by atoms with Crippen molar-refractivity contribution in [2.24, 2.45) is 5.41 Å². The first kappa shape index (κ1) is 13.9. The smallest absolute Gasteiger partial charge is 0.282 e. The SMILES string of the molecule is CN(C)CC(C)(C)CNC(=O)c1nnc(N)s1. The maximum atomic E-state index is 11.7. The molecule has 0 bridgehead atoms. The molecule has 0 aliphatic rings. The van der Waals surface area contributed by atoms with Crippen LogP contribution >= 0.6 is 11.3 Å². The van der Waals surface area contributed by atoms with Crippen LogP contribution in [-0.2, 0) is 0 Å². The number of carbonyl (C=O) groups excluding carboxylic acids is 1. The Balaban J connectivity index is 2.48. The lowest BCUT2D eigenvalue weighted by Gasteiger charge is -2.28. The lowest BCUT2D eigenvalue weighted by Crippen LogP contribution is -2.39. The van der Waals surface area contributed by atoms with Crippen molar-refractivity contribution in [3.63, 3.8) is 0 Å². The topological polar surface area (TPSA) is 84.1 Å². The highest BCUT2D eigenvalue weighted by Crippen LogP contribution is 2.15. The van der Waals surface area contributed by atoms with Crippen LogP contribution in [0.1, 0.15) is 23.6 Å². The molecule has 96 valence electrons. The van der Waals surface area contributed by atoms with Gasteiger partial charge in [0.25, 0.3) is 5.91 Å². The third kappa shape index (κ3) is 4.66. The van der Waals surface area contributed by atoms with Gasteiger partial charge in [-0.2, -0.15) is 0 Å². The third-order valence-corrected chi connectivity index (χ3v) is 2.86. The highest BCUT2D eigenvalue weighted by molar-refractivity contribution is 7.16. The van der Waals surface area contributed by atoms with Crippen molar-refractivity contribution in [1.29, 1.82) is 0 Å². The zero-order valence-electron chi connectivity index (χ0n) is 10.6. The van der Waals surface area contributed by atoms with Crippen LogP contribution in [-0.4, -0.2) is 48.2 Å². The lowest BCUT2D eigenvalue weighted by molar-refractivity contribution is 0.0928. The number of nitrogens with two attached hydrogens (primary N) is 1. The van der Waals surface area contributed by atoms with E-state index < -0.39 is 0 Å². The molecule has 1 heterocycles. The minimum absolute atomic E-state index is 0.00932. The molecule has 3 N–H and O–H groups in total. The molecule has 0 fully saturated rings. The number of nitrogens with zero attached hydrogens (tertiary/aromatic N) is 3. The molecule has 0 saturated carbocycles. The van der Waals surface area contributed by atoms with Gasteiger partial charge >= 0.3 is 0 Å². The van der Waals surface area contributed by atoms with Gasteiger partial charge in [-0.3, -0.25) is 4.79 Å². The summed E-state index contributed by atoms with van der Waals surface area (Å²) in [6, 6.07) is 0. The molecule has 1 rings (SSSR count). The summed E-state index contributed by atoms with van der Waals surface area (Å²) < 4.78 is 0. The average molecular weight is 257 g/mol. The highest BCUT2D eigenvalue weighted by Gasteiger charge is 2.21. The summed E-state index contributed by atoms with van der Waals surface area (Å²) in [4.78, 5) is 13.8. The second-order valence-corrected chi connectivity index (χ2v) is 6.04. The van der Waals surface area contributed by atoms with Gasteiger partial charge in [0.2, 0.25) is 10.1 Å². The monoisotopic (exact) mass is 257 g/mol. The number of hydrogen-bond acceptors (Lipinski definition) is 6. The molecule has 17 heavy (non-hydrogen) atoms. The van der Waals surface area contributed by atoms with E-state index in [1.54, 1.807) is 0 Å². The molecule has 0 unspecified atom stereocenters. The van der Waals surface area contributed by atoms with Crippen molar-refractivity contribution in [3.05, 3.63) is 5.01 Å². The summed E-state index contributed by atoms with van der Waals surface area (Å²) in [6.45, 7) is 5.68. The molecule has 1 aromatic heterocycles. The quantitative estimate of drug-likeness (QED) is 0.799. The summed E-state index contributed by atoms with van der Waals surface area (Å²) in [5.74, 6) is -0.217. The Labute approximate surface area is 105 Å². The molecule has 1 amide bonds. The van der Waals surface area contributed by atoms with Crippen LogP contribution in [0.2, 0.25) is 0 Å². The number of aromatic nitrogens is 2. The predicted octanol–water partition coefficient (Wildman–Crippen LogP) is 0.438. The summed E-state index contributed by atoms with van der Waals surface area (Å²) in [6.07, 6.45) is 0. The number of nitrogen functional groups attached to an aromatic ring is 1. The zero-order valence-corrected chi connectivity index (χ0v) is 11.5. The highest BCUT2D eigenvalue weighted by atomic mass is 32.1. The Hall–Kier alpha value is -1.21. The Kier molecular flexibility index (Phi) is 4.41. The molecular formula is C10H19N5OS. The van der Waals surface area contributed by atoms with Crippen LogP contribution in [0.25, 0.3) is 0 Å². The third-order valence-electron chi connectivity index (χ3n) is 2.11. The van der Waals surface area contributed by atoms with Gasteiger partial charge in [-0.05, 0) is 19.5 Å². The van der Waals surface area contributed by atoms with Gasteiger partial charge in [0.05, 0.1) is 0 Å². The molecule has 0 aliphatic heterocycles. The van der Waals surface area contributed by atoms with Gasteiger partial charge < -0.3 is 16.0 Å². The van der Waals surface area contributed by atoms with E-state index in [4.69, 9.17) is 5.73 Å². The van der Waals surface area contributed by atoms with Crippen LogP contribution in [0.3, 0.4) is 0 Å². The largest absolute Gasteiger partial charge is 0.374 e. The minimum atomic E-state index is -0.217. The summed E-state index contributed by atoms with van der Waals surface area (Å²) in [7, 11) is 4.02. The fourth-order valence-electron chi connectivity index (χ4n) is 1.63. The van der Waals surface area contributed by atoms with Crippen molar-refractivity contribution >= 4 is 22.4 Å². The molecule has 7 heteroatoms. The fraction of sp³-hybridized carbons (Fsp3) is 0.700. The summed E-state index contributed by atoms with van der Waals surface area (Å²) >= 11 is 1.09. The Morgan fingerprint density at radius 3 is 2.59 bits per heavy atom. The second kappa shape index (κ2) is 5.42. The van der Waals surface area contributed by atoms with Crippen LogP contribution < -0.4 is 11.1 Å². The molecule has 0 atom stereocenters. The van der Waals surface area contributed by atoms with Crippen LogP contribution in [0.5, 0.6) is 0 Å². The van der Waals surface area contributed by atoms with Crippen LogP contribution in [0.15, 0.2) is 0 Å². The Morgan fingerprint density at radius 1 is 1.47 bits per heavy atom. The summed E-state index contributed by atoms with van der Waals surface area (Å²) in [5.41, 5.74) is 5.43. The summed E-state index contributed by atoms with van der Waals surface area (Å²) in [5, 5.41) is 10.8. The standard InChI is InChI=1S/C10H19N5OS/c1-10(2,6-15(3)4)5-12-7(16)8-13-14-9(11)17-8/h5-6H2,1-4H3,(H2,11,14)(H,12,16). The number of anilines is 1.